The van der Waals surface area contributed by atoms with Gasteiger partial charge in [-0.3, -0.25) is 4.79 Å². The van der Waals surface area contributed by atoms with Gasteiger partial charge in [0.25, 0.3) is 5.91 Å². The number of nitrogens with one attached hydrogen (secondary N) is 2. The Morgan fingerprint density at radius 2 is 2.00 bits per heavy atom. The first-order valence-electron chi connectivity index (χ1n) is 9.26. The normalized spacial score (nSPS) is 13.8. The Hall–Kier alpha value is -2.69. The van der Waals surface area contributed by atoms with Crippen molar-refractivity contribution in [2.75, 3.05) is 11.9 Å². The summed E-state index contributed by atoms with van der Waals surface area (Å²) in [7, 11) is 0. The van der Waals surface area contributed by atoms with Crippen molar-refractivity contribution in [2.24, 2.45) is 0 Å². The van der Waals surface area contributed by atoms with Crippen LogP contribution in [0.4, 0.5) is 11.6 Å². The molecule has 1 amide bonds. The van der Waals surface area contributed by atoms with Crippen LogP contribution in [0.2, 0.25) is 0 Å². The van der Waals surface area contributed by atoms with E-state index in [4.69, 9.17) is 0 Å². The molecule has 1 aliphatic rings. The summed E-state index contributed by atoms with van der Waals surface area (Å²) < 4.78 is 0. The molecule has 2 aromatic rings. The van der Waals surface area contributed by atoms with Gasteiger partial charge in [-0.1, -0.05) is 29.8 Å². The molecule has 0 saturated heterocycles. The summed E-state index contributed by atoms with van der Waals surface area (Å²) in [6.07, 6.45) is 8.11. The van der Waals surface area contributed by atoms with Crippen LogP contribution in [0, 0.1) is 13.8 Å². The van der Waals surface area contributed by atoms with Crippen LogP contribution >= 0.6 is 0 Å². The summed E-state index contributed by atoms with van der Waals surface area (Å²) in [5, 5.41) is 6.18. The van der Waals surface area contributed by atoms with Crippen LogP contribution in [0.3, 0.4) is 0 Å². The van der Waals surface area contributed by atoms with E-state index in [1.807, 2.05) is 38.1 Å². The van der Waals surface area contributed by atoms with Crippen molar-refractivity contribution < 1.29 is 4.79 Å². The third kappa shape index (κ3) is 4.91. The first-order chi connectivity index (χ1) is 12.6. The number of carbonyl (C=O) groups excluding carboxylic acids is 1. The summed E-state index contributed by atoms with van der Waals surface area (Å²) in [6, 6.07) is 9.65. The molecule has 5 nitrogen and oxygen atoms in total. The zero-order chi connectivity index (χ0) is 18.4. The van der Waals surface area contributed by atoms with Gasteiger partial charge in [0.05, 0.1) is 0 Å². The number of hydrogen-bond acceptors (Lipinski definition) is 4. The third-order valence-electron chi connectivity index (χ3n) is 4.60. The lowest BCUT2D eigenvalue weighted by Gasteiger charge is -2.13. The molecule has 2 N–H and O–H groups in total. The Labute approximate surface area is 155 Å². The van der Waals surface area contributed by atoms with Crippen molar-refractivity contribution in [2.45, 2.75) is 46.0 Å². The predicted molar refractivity (Wildman–Crippen MR) is 105 cm³/mol. The molecule has 5 heteroatoms. The molecule has 136 valence electrons. The van der Waals surface area contributed by atoms with E-state index in [0.717, 1.165) is 29.8 Å². The summed E-state index contributed by atoms with van der Waals surface area (Å²) in [4.78, 5) is 21.2. The van der Waals surface area contributed by atoms with Gasteiger partial charge in [0.1, 0.15) is 5.69 Å². The molecule has 1 aromatic carbocycles. The number of anilines is 2. The van der Waals surface area contributed by atoms with E-state index in [-0.39, 0.29) is 5.91 Å². The van der Waals surface area contributed by atoms with Crippen LogP contribution in [-0.2, 0) is 0 Å². The fourth-order valence-electron chi connectivity index (χ4n) is 3.13. The average molecular weight is 350 g/mol. The van der Waals surface area contributed by atoms with Crippen LogP contribution < -0.4 is 10.6 Å². The molecule has 0 bridgehead atoms. The average Bonchev–Trinajstić information content (AvgIpc) is 2.64. The summed E-state index contributed by atoms with van der Waals surface area (Å²) in [5.74, 6) is 0.291. The van der Waals surface area contributed by atoms with Gasteiger partial charge in [-0.2, -0.15) is 0 Å². The fraction of sp³-hybridized carbons (Fsp3) is 0.381. The van der Waals surface area contributed by atoms with E-state index in [2.05, 4.69) is 26.7 Å². The summed E-state index contributed by atoms with van der Waals surface area (Å²) in [6.45, 7) is 4.54. The molecule has 0 saturated carbocycles. The van der Waals surface area contributed by atoms with E-state index in [1.54, 1.807) is 6.07 Å². The molecule has 0 fully saturated rings. The zero-order valence-electron chi connectivity index (χ0n) is 15.5. The monoisotopic (exact) mass is 350 g/mol. The molecular weight excluding hydrogens is 324 g/mol. The van der Waals surface area contributed by atoms with Gasteiger partial charge in [0.2, 0.25) is 5.95 Å². The summed E-state index contributed by atoms with van der Waals surface area (Å²) >= 11 is 0. The highest BCUT2D eigenvalue weighted by atomic mass is 16.1. The standard InChI is InChI=1S/C21H26N4O/c1-15-8-6-7-11-18(15)24-21-23-16(2)14-19(25-21)20(26)22-13-12-17-9-4-3-5-10-17/h6-9,11,14H,3-5,10,12-13H2,1-2H3,(H,22,26)(H,23,24,25). The van der Waals surface area contributed by atoms with Gasteiger partial charge < -0.3 is 10.6 Å². The first kappa shape index (κ1) is 18.1. The van der Waals surface area contributed by atoms with E-state index < -0.39 is 0 Å². The van der Waals surface area contributed by atoms with Crippen molar-refractivity contribution in [1.82, 2.24) is 15.3 Å². The van der Waals surface area contributed by atoms with E-state index in [9.17, 15) is 4.79 Å². The molecular formula is C21H26N4O. The molecule has 1 heterocycles. The highest BCUT2D eigenvalue weighted by molar-refractivity contribution is 5.92. The van der Waals surface area contributed by atoms with Crippen LogP contribution in [0.5, 0.6) is 0 Å². The van der Waals surface area contributed by atoms with Crippen molar-refractivity contribution >= 4 is 17.5 Å². The van der Waals surface area contributed by atoms with Gasteiger partial charge in [-0.05, 0) is 63.6 Å². The predicted octanol–water partition coefficient (Wildman–Crippen LogP) is 4.46. The number of nitrogens with zero attached hydrogens (tertiary/aromatic N) is 2. The van der Waals surface area contributed by atoms with Gasteiger partial charge in [-0.15, -0.1) is 0 Å². The zero-order valence-corrected chi connectivity index (χ0v) is 15.5. The minimum atomic E-state index is -0.153. The topological polar surface area (TPSA) is 66.9 Å². The van der Waals surface area contributed by atoms with Crippen LogP contribution in [-0.4, -0.2) is 22.4 Å². The minimum absolute atomic E-state index is 0.153. The minimum Gasteiger partial charge on any atom is -0.350 e. The Balaban J connectivity index is 1.63. The van der Waals surface area contributed by atoms with Crippen molar-refractivity contribution in [3.8, 4) is 0 Å². The Morgan fingerprint density at radius 1 is 1.15 bits per heavy atom. The molecule has 0 spiro atoms. The Bertz CT molecular complexity index is 813. The highest BCUT2D eigenvalue weighted by Gasteiger charge is 2.12. The maximum Gasteiger partial charge on any atom is 0.270 e. The molecule has 1 aliphatic carbocycles. The molecule has 1 aromatic heterocycles. The van der Waals surface area contributed by atoms with Gasteiger partial charge in [-0.25, -0.2) is 9.97 Å². The van der Waals surface area contributed by atoms with E-state index in [1.165, 1.54) is 24.8 Å². The number of benzene rings is 1. The third-order valence-corrected chi connectivity index (χ3v) is 4.60. The quantitative estimate of drug-likeness (QED) is 0.755. The number of hydrogen-bond donors (Lipinski definition) is 2. The number of aryl methyl sites for hydroxylation is 2. The number of amides is 1. The largest absolute Gasteiger partial charge is 0.350 e. The van der Waals surface area contributed by atoms with Gasteiger partial charge >= 0.3 is 0 Å². The Kier molecular flexibility index (Phi) is 6.00. The van der Waals surface area contributed by atoms with E-state index in [0.29, 0.717) is 18.2 Å². The molecule has 0 radical (unpaired) electrons. The van der Waals surface area contributed by atoms with E-state index >= 15 is 0 Å². The molecule has 26 heavy (non-hydrogen) atoms. The maximum absolute atomic E-state index is 12.5. The second kappa shape index (κ2) is 8.61. The van der Waals surface area contributed by atoms with Crippen molar-refractivity contribution in [3.63, 3.8) is 0 Å². The van der Waals surface area contributed by atoms with Crippen molar-refractivity contribution in [3.05, 3.63) is 58.9 Å². The highest BCUT2D eigenvalue weighted by Crippen LogP contribution is 2.20. The molecule has 0 unspecified atom stereocenters. The van der Waals surface area contributed by atoms with Crippen molar-refractivity contribution in [1.29, 1.82) is 0 Å². The lowest BCUT2D eigenvalue weighted by atomic mass is 9.97. The number of allylic oxidation sites excluding steroid dienone is 1. The first-order valence-corrected chi connectivity index (χ1v) is 9.26. The lowest BCUT2D eigenvalue weighted by molar-refractivity contribution is 0.0949. The second-order valence-corrected chi connectivity index (χ2v) is 6.77. The van der Waals surface area contributed by atoms with Gasteiger partial charge in [0.15, 0.2) is 0 Å². The number of para-hydroxylation sites is 1. The molecule has 3 rings (SSSR count). The lowest BCUT2D eigenvalue weighted by Crippen LogP contribution is -2.26. The SMILES string of the molecule is Cc1cc(C(=O)NCCC2=CCCCC2)nc(Nc2ccccc2C)n1. The van der Waals surface area contributed by atoms with Crippen LogP contribution in [0.1, 0.15) is 53.8 Å². The van der Waals surface area contributed by atoms with Crippen LogP contribution in [0.25, 0.3) is 0 Å². The number of aromatic nitrogens is 2. The smallest absolute Gasteiger partial charge is 0.270 e. The summed E-state index contributed by atoms with van der Waals surface area (Å²) in [5.41, 5.74) is 4.65. The molecule has 0 atom stereocenters. The van der Waals surface area contributed by atoms with Crippen LogP contribution in [0.15, 0.2) is 42.0 Å². The fourth-order valence-corrected chi connectivity index (χ4v) is 3.13. The second-order valence-electron chi connectivity index (χ2n) is 6.77. The van der Waals surface area contributed by atoms with Gasteiger partial charge in [0, 0.05) is 17.9 Å². The molecule has 0 aliphatic heterocycles. The number of rotatable bonds is 6. The number of carbonyl (C=O) groups is 1. The Morgan fingerprint density at radius 3 is 2.77 bits per heavy atom. The maximum atomic E-state index is 12.5.